The summed E-state index contributed by atoms with van der Waals surface area (Å²) in [4.78, 5) is 13.4. The van der Waals surface area contributed by atoms with Crippen molar-refractivity contribution in [3.05, 3.63) is 0 Å². The zero-order valence-electron chi connectivity index (χ0n) is 7.46. The monoisotopic (exact) mass is 187 g/mol. The van der Waals surface area contributed by atoms with Crippen LogP contribution in [0.4, 0.5) is 0 Å². The van der Waals surface area contributed by atoms with Crippen LogP contribution in [-0.2, 0) is 4.79 Å². The van der Waals surface area contributed by atoms with E-state index in [0.29, 0.717) is 5.91 Å². The fourth-order valence-corrected chi connectivity index (χ4v) is 1.81. The van der Waals surface area contributed by atoms with Gasteiger partial charge in [-0.15, -0.1) is 0 Å². The van der Waals surface area contributed by atoms with Gasteiger partial charge >= 0.3 is 0 Å². The van der Waals surface area contributed by atoms with Gasteiger partial charge in [0.15, 0.2) is 0 Å². The van der Waals surface area contributed by atoms with Gasteiger partial charge in [0.05, 0.1) is 0 Å². The molecule has 70 valence electrons. The van der Waals surface area contributed by atoms with Gasteiger partial charge < -0.3 is 4.90 Å². The summed E-state index contributed by atoms with van der Waals surface area (Å²) in [5.74, 6) is 1.11. The first-order valence-corrected chi connectivity index (χ1v) is 5.36. The first kappa shape index (κ1) is 9.90. The Morgan fingerprint density at radius 2 is 2.00 bits per heavy atom. The lowest BCUT2D eigenvalue weighted by molar-refractivity contribution is -0.131. The molecule has 0 aliphatic carbocycles. The smallest absolute Gasteiger partial charge is 0.222 e. The van der Waals surface area contributed by atoms with Crippen molar-refractivity contribution in [2.45, 2.75) is 32.1 Å². The summed E-state index contributed by atoms with van der Waals surface area (Å²) in [5.41, 5.74) is 0. The van der Waals surface area contributed by atoms with Gasteiger partial charge in [0.2, 0.25) is 5.91 Å². The maximum Gasteiger partial charge on any atom is 0.222 e. The van der Waals surface area contributed by atoms with Crippen LogP contribution in [0.5, 0.6) is 0 Å². The van der Waals surface area contributed by atoms with Crippen molar-refractivity contribution in [3.63, 3.8) is 0 Å². The normalized spacial score (nSPS) is 20.4. The molecular weight excluding hydrogens is 170 g/mol. The van der Waals surface area contributed by atoms with Crippen LogP contribution in [0.3, 0.4) is 0 Å². The van der Waals surface area contributed by atoms with Gasteiger partial charge in [-0.3, -0.25) is 4.79 Å². The highest BCUT2D eigenvalue weighted by atomic mass is 32.1. The molecule has 0 unspecified atom stereocenters. The Hall–Kier alpha value is -0.180. The molecule has 1 saturated heterocycles. The molecule has 0 bridgehead atoms. The summed E-state index contributed by atoms with van der Waals surface area (Å²) < 4.78 is 0. The third kappa shape index (κ3) is 3.05. The molecule has 0 aromatic carbocycles. The zero-order chi connectivity index (χ0) is 8.81. The van der Waals surface area contributed by atoms with E-state index in [0.717, 1.165) is 31.7 Å². The second kappa shape index (κ2) is 5.46. The van der Waals surface area contributed by atoms with Crippen LogP contribution >= 0.6 is 12.6 Å². The van der Waals surface area contributed by atoms with Crippen LogP contribution in [-0.4, -0.2) is 29.6 Å². The Balaban J connectivity index is 2.37. The minimum Gasteiger partial charge on any atom is -0.342 e. The van der Waals surface area contributed by atoms with E-state index in [-0.39, 0.29) is 0 Å². The summed E-state index contributed by atoms with van der Waals surface area (Å²) in [6.45, 7) is 1.77. The molecule has 1 aliphatic rings. The molecule has 3 heteroatoms. The minimum atomic E-state index is 0.323. The maximum atomic E-state index is 11.4. The molecule has 1 aliphatic heterocycles. The molecule has 0 aromatic rings. The summed E-state index contributed by atoms with van der Waals surface area (Å²) in [7, 11) is 0. The molecule has 0 radical (unpaired) electrons. The number of carbonyl (C=O) groups is 1. The van der Waals surface area contributed by atoms with Gasteiger partial charge in [-0.1, -0.05) is 12.8 Å². The summed E-state index contributed by atoms with van der Waals surface area (Å²) >= 11 is 4.14. The van der Waals surface area contributed by atoms with E-state index in [2.05, 4.69) is 12.6 Å². The molecule has 0 spiro atoms. The van der Waals surface area contributed by atoms with Crippen molar-refractivity contribution < 1.29 is 4.79 Å². The van der Waals surface area contributed by atoms with Crippen LogP contribution < -0.4 is 0 Å². The highest BCUT2D eigenvalue weighted by Crippen LogP contribution is 2.11. The molecular formula is C9H17NOS. The lowest BCUT2D eigenvalue weighted by Crippen LogP contribution is -2.34. The lowest BCUT2D eigenvalue weighted by Gasteiger charge is -2.23. The van der Waals surface area contributed by atoms with Crippen molar-refractivity contribution in [2.24, 2.45) is 0 Å². The molecule has 12 heavy (non-hydrogen) atoms. The Labute approximate surface area is 79.7 Å². The summed E-state index contributed by atoms with van der Waals surface area (Å²) in [5, 5.41) is 0. The maximum absolute atomic E-state index is 11.4. The number of hydrogen-bond donors (Lipinski definition) is 1. The first-order valence-electron chi connectivity index (χ1n) is 4.73. The minimum absolute atomic E-state index is 0.323. The Morgan fingerprint density at radius 1 is 1.25 bits per heavy atom. The fourth-order valence-electron chi connectivity index (χ4n) is 1.57. The predicted octanol–water partition coefficient (Wildman–Crippen LogP) is 1.71. The summed E-state index contributed by atoms with van der Waals surface area (Å²) in [6, 6.07) is 0. The molecule has 2 nitrogen and oxygen atoms in total. The second-order valence-electron chi connectivity index (χ2n) is 3.27. The standard InChI is InChI=1S/C9H17NOS/c11-9-5-3-1-2-4-6-10(9)7-8-12/h12H,1-8H2. The number of carbonyl (C=O) groups excluding carboxylic acids is 1. The van der Waals surface area contributed by atoms with Gasteiger partial charge in [-0.05, 0) is 12.8 Å². The van der Waals surface area contributed by atoms with Crippen LogP contribution in [0, 0.1) is 0 Å². The molecule has 1 amide bonds. The average molecular weight is 187 g/mol. The summed E-state index contributed by atoms with van der Waals surface area (Å²) in [6.07, 6.45) is 5.48. The van der Waals surface area contributed by atoms with Gasteiger partial charge in [0.1, 0.15) is 0 Å². The Bertz CT molecular complexity index is 149. The zero-order valence-corrected chi connectivity index (χ0v) is 8.35. The van der Waals surface area contributed by atoms with Crippen molar-refractivity contribution in [1.29, 1.82) is 0 Å². The largest absolute Gasteiger partial charge is 0.342 e. The molecule has 1 heterocycles. The highest BCUT2D eigenvalue weighted by molar-refractivity contribution is 7.80. The number of rotatable bonds is 2. The van der Waals surface area contributed by atoms with E-state index >= 15 is 0 Å². The number of nitrogens with zero attached hydrogens (tertiary/aromatic N) is 1. The number of amides is 1. The van der Waals surface area contributed by atoms with Gasteiger partial charge in [-0.2, -0.15) is 12.6 Å². The number of likely N-dealkylation sites (tertiary alicyclic amines) is 1. The van der Waals surface area contributed by atoms with Crippen LogP contribution in [0.1, 0.15) is 32.1 Å². The molecule has 0 atom stereocenters. The van der Waals surface area contributed by atoms with Crippen molar-refractivity contribution in [2.75, 3.05) is 18.8 Å². The van der Waals surface area contributed by atoms with Gasteiger partial charge in [0.25, 0.3) is 0 Å². The predicted molar refractivity (Wildman–Crippen MR) is 53.5 cm³/mol. The molecule has 0 N–H and O–H groups in total. The van der Waals surface area contributed by atoms with E-state index < -0.39 is 0 Å². The van der Waals surface area contributed by atoms with Crippen molar-refractivity contribution in [3.8, 4) is 0 Å². The van der Waals surface area contributed by atoms with Crippen LogP contribution in [0.15, 0.2) is 0 Å². The van der Waals surface area contributed by atoms with E-state index in [9.17, 15) is 4.79 Å². The first-order chi connectivity index (χ1) is 5.84. The molecule has 0 saturated carbocycles. The highest BCUT2D eigenvalue weighted by Gasteiger charge is 2.13. The molecule has 1 fully saturated rings. The van der Waals surface area contributed by atoms with Crippen LogP contribution in [0.25, 0.3) is 0 Å². The quantitative estimate of drug-likeness (QED) is 0.653. The third-order valence-electron chi connectivity index (χ3n) is 2.29. The SMILES string of the molecule is O=C1CCCCCCN1CCS. The van der Waals surface area contributed by atoms with Crippen LogP contribution in [0.2, 0.25) is 0 Å². The van der Waals surface area contributed by atoms with Crippen molar-refractivity contribution in [1.82, 2.24) is 4.90 Å². The number of thiol groups is 1. The molecule has 0 aromatic heterocycles. The number of hydrogen-bond acceptors (Lipinski definition) is 2. The van der Waals surface area contributed by atoms with E-state index in [1.165, 1.54) is 19.3 Å². The van der Waals surface area contributed by atoms with Gasteiger partial charge in [0, 0.05) is 25.3 Å². The average Bonchev–Trinajstić information content (AvgIpc) is 2.05. The fraction of sp³-hybridized carbons (Fsp3) is 0.889. The van der Waals surface area contributed by atoms with E-state index in [1.807, 2.05) is 4.90 Å². The van der Waals surface area contributed by atoms with E-state index in [1.54, 1.807) is 0 Å². The molecule has 1 rings (SSSR count). The Morgan fingerprint density at radius 3 is 2.75 bits per heavy atom. The lowest BCUT2D eigenvalue weighted by atomic mass is 10.1. The van der Waals surface area contributed by atoms with Crippen molar-refractivity contribution >= 4 is 18.5 Å². The third-order valence-corrected chi connectivity index (χ3v) is 2.49. The Kier molecular flexibility index (Phi) is 4.51. The second-order valence-corrected chi connectivity index (χ2v) is 3.72. The topological polar surface area (TPSA) is 20.3 Å². The van der Waals surface area contributed by atoms with Gasteiger partial charge in [-0.25, -0.2) is 0 Å². The van der Waals surface area contributed by atoms with E-state index in [4.69, 9.17) is 0 Å².